The summed E-state index contributed by atoms with van der Waals surface area (Å²) < 4.78 is 5.62. The average Bonchev–Trinajstić information content (AvgIpc) is 2.37. The number of ether oxygens (including phenoxy) is 1. The highest BCUT2D eigenvalue weighted by Crippen LogP contribution is 2.19. The Kier molecular flexibility index (Phi) is 4.28. The Hall–Kier alpha value is -1.62. The van der Waals surface area contributed by atoms with E-state index in [2.05, 4.69) is 20.9 Å². The van der Waals surface area contributed by atoms with Crippen molar-refractivity contribution in [3.8, 4) is 0 Å². The van der Waals surface area contributed by atoms with E-state index in [9.17, 15) is 9.59 Å². The minimum atomic E-state index is -0.591. The fraction of sp³-hybridized carbons (Fsp3) is 0.333. The Bertz CT molecular complexity index is 719. The molecular formula is C15H16BrNO3. The first-order valence-corrected chi connectivity index (χ1v) is 7.16. The van der Waals surface area contributed by atoms with Gasteiger partial charge in [0.05, 0.1) is 12.6 Å². The van der Waals surface area contributed by atoms with Crippen LogP contribution in [0.2, 0.25) is 0 Å². The minimum absolute atomic E-state index is 0.107. The van der Waals surface area contributed by atoms with Crippen LogP contribution in [0.25, 0.3) is 10.9 Å². The van der Waals surface area contributed by atoms with Crippen LogP contribution in [0.1, 0.15) is 29.9 Å². The third kappa shape index (κ3) is 2.77. The van der Waals surface area contributed by atoms with Crippen LogP contribution < -0.4 is 5.43 Å². The van der Waals surface area contributed by atoms with E-state index in [1.807, 2.05) is 19.9 Å². The second-order valence-electron chi connectivity index (χ2n) is 5.09. The highest BCUT2D eigenvalue weighted by atomic mass is 79.9. The molecule has 2 rings (SSSR count). The van der Waals surface area contributed by atoms with Gasteiger partial charge in [0, 0.05) is 15.6 Å². The topological polar surface area (TPSA) is 59.2 Å². The SMILES string of the molecule is COC(=O)c1c(CC(C)C)[nH]c2cc(Br)ccc2c1=O. The van der Waals surface area contributed by atoms with Crippen LogP contribution in [-0.2, 0) is 11.2 Å². The molecule has 0 atom stereocenters. The maximum atomic E-state index is 12.5. The van der Waals surface area contributed by atoms with Gasteiger partial charge in [-0.3, -0.25) is 4.79 Å². The summed E-state index contributed by atoms with van der Waals surface area (Å²) in [6, 6.07) is 5.31. The first-order chi connectivity index (χ1) is 9.43. The zero-order valence-electron chi connectivity index (χ0n) is 11.6. The van der Waals surface area contributed by atoms with E-state index in [0.29, 0.717) is 28.9 Å². The Balaban J connectivity index is 2.79. The molecule has 0 amide bonds. The molecule has 1 aromatic heterocycles. The molecule has 0 radical (unpaired) electrons. The van der Waals surface area contributed by atoms with Gasteiger partial charge < -0.3 is 9.72 Å². The molecule has 1 aromatic carbocycles. The molecule has 20 heavy (non-hydrogen) atoms. The van der Waals surface area contributed by atoms with E-state index < -0.39 is 5.97 Å². The zero-order chi connectivity index (χ0) is 14.9. The molecule has 2 aromatic rings. The van der Waals surface area contributed by atoms with Crippen molar-refractivity contribution in [3.05, 3.63) is 44.2 Å². The van der Waals surface area contributed by atoms with Crippen LogP contribution in [0.4, 0.5) is 0 Å². The highest BCUT2D eigenvalue weighted by Gasteiger charge is 2.20. The van der Waals surface area contributed by atoms with Crippen molar-refractivity contribution >= 4 is 32.8 Å². The van der Waals surface area contributed by atoms with Gasteiger partial charge in [0.25, 0.3) is 0 Å². The Morgan fingerprint density at radius 3 is 2.70 bits per heavy atom. The number of esters is 1. The number of carbonyl (C=O) groups excluding carboxylic acids is 1. The number of hydrogen-bond acceptors (Lipinski definition) is 3. The van der Waals surface area contributed by atoms with E-state index in [1.54, 1.807) is 12.1 Å². The molecule has 0 aliphatic heterocycles. The van der Waals surface area contributed by atoms with Gasteiger partial charge in [-0.05, 0) is 30.5 Å². The largest absolute Gasteiger partial charge is 0.465 e. The van der Waals surface area contributed by atoms with Crippen LogP contribution in [-0.4, -0.2) is 18.1 Å². The number of rotatable bonds is 3. The lowest BCUT2D eigenvalue weighted by molar-refractivity contribution is 0.0597. The molecule has 0 saturated carbocycles. The number of aromatic nitrogens is 1. The van der Waals surface area contributed by atoms with Crippen LogP contribution in [0.15, 0.2) is 27.5 Å². The first kappa shape index (κ1) is 14.8. The quantitative estimate of drug-likeness (QED) is 0.874. The van der Waals surface area contributed by atoms with Crippen molar-refractivity contribution < 1.29 is 9.53 Å². The number of halogens is 1. The number of pyridine rings is 1. The third-order valence-electron chi connectivity index (χ3n) is 3.04. The number of benzene rings is 1. The second kappa shape index (κ2) is 5.79. The van der Waals surface area contributed by atoms with Gasteiger partial charge in [0.1, 0.15) is 5.56 Å². The summed E-state index contributed by atoms with van der Waals surface area (Å²) in [7, 11) is 1.28. The van der Waals surface area contributed by atoms with Gasteiger partial charge in [-0.15, -0.1) is 0 Å². The molecule has 4 nitrogen and oxygen atoms in total. The molecule has 0 aliphatic carbocycles. The van der Waals surface area contributed by atoms with E-state index >= 15 is 0 Å². The number of aromatic amines is 1. The molecule has 0 unspecified atom stereocenters. The normalized spacial score (nSPS) is 11.1. The summed E-state index contributed by atoms with van der Waals surface area (Å²) >= 11 is 3.38. The van der Waals surface area contributed by atoms with Crippen molar-refractivity contribution in [1.82, 2.24) is 4.98 Å². The monoisotopic (exact) mass is 337 g/mol. The van der Waals surface area contributed by atoms with Crippen molar-refractivity contribution in [2.24, 2.45) is 5.92 Å². The molecule has 0 fully saturated rings. The molecule has 0 bridgehead atoms. The van der Waals surface area contributed by atoms with Crippen molar-refractivity contribution in [2.75, 3.05) is 7.11 Å². The second-order valence-corrected chi connectivity index (χ2v) is 6.00. The predicted octanol–water partition coefficient (Wildman–Crippen LogP) is 3.28. The lowest BCUT2D eigenvalue weighted by atomic mass is 10.0. The summed E-state index contributed by atoms with van der Waals surface area (Å²) in [6.07, 6.45) is 0.613. The zero-order valence-corrected chi connectivity index (χ0v) is 13.2. The van der Waals surface area contributed by atoms with Crippen LogP contribution in [0.3, 0.4) is 0 Å². The molecule has 0 saturated heterocycles. The molecule has 1 heterocycles. The third-order valence-corrected chi connectivity index (χ3v) is 3.54. The average molecular weight is 338 g/mol. The fourth-order valence-corrected chi connectivity index (χ4v) is 2.56. The van der Waals surface area contributed by atoms with Crippen LogP contribution >= 0.6 is 15.9 Å². The predicted molar refractivity (Wildman–Crippen MR) is 82.2 cm³/mol. The Morgan fingerprint density at radius 2 is 2.10 bits per heavy atom. The number of nitrogens with one attached hydrogen (secondary N) is 1. The van der Waals surface area contributed by atoms with E-state index in [4.69, 9.17) is 4.74 Å². The molecular weight excluding hydrogens is 322 g/mol. The van der Waals surface area contributed by atoms with Gasteiger partial charge in [-0.25, -0.2) is 4.79 Å². The highest BCUT2D eigenvalue weighted by molar-refractivity contribution is 9.10. The van der Waals surface area contributed by atoms with E-state index in [1.165, 1.54) is 7.11 Å². The number of methoxy groups -OCH3 is 1. The summed E-state index contributed by atoms with van der Waals surface area (Å²) in [5.41, 5.74) is 1.17. The van der Waals surface area contributed by atoms with Gasteiger partial charge in [0.15, 0.2) is 0 Å². The maximum absolute atomic E-state index is 12.5. The Morgan fingerprint density at radius 1 is 1.40 bits per heavy atom. The van der Waals surface area contributed by atoms with Crippen LogP contribution in [0, 0.1) is 5.92 Å². The molecule has 0 aliphatic rings. The van der Waals surface area contributed by atoms with Gasteiger partial charge in [-0.2, -0.15) is 0 Å². The van der Waals surface area contributed by atoms with E-state index in [-0.39, 0.29) is 11.0 Å². The van der Waals surface area contributed by atoms with Gasteiger partial charge in [0.2, 0.25) is 5.43 Å². The number of hydrogen-bond donors (Lipinski definition) is 1. The smallest absolute Gasteiger partial charge is 0.343 e. The molecule has 106 valence electrons. The standard InChI is InChI=1S/C15H16BrNO3/c1-8(2)6-12-13(15(19)20-3)14(18)10-5-4-9(16)7-11(10)17-12/h4-5,7-8H,6H2,1-3H3,(H,17,18). The summed E-state index contributed by atoms with van der Waals surface area (Å²) in [6.45, 7) is 4.06. The lowest BCUT2D eigenvalue weighted by Gasteiger charge is -2.12. The van der Waals surface area contributed by atoms with Gasteiger partial charge >= 0.3 is 5.97 Å². The fourth-order valence-electron chi connectivity index (χ4n) is 2.19. The van der Waals surface area contributed by atoms with Crippen molar-refractivity contribution in [2.45, 2.75) is 20.3 Å². The number of fused-ring (bicyclic) bond motifs is 1. The van der Waals surface area contributed by atoms with Crippen molar-refractivity contribution in [3.63, 3.8) is 0 Å². The minimum Gasteiger partial charge on any atom is -0.465 e. The van der Waals surface area contributed by atoms with Crippen LogP contribution in [0.5, 0.6) is 0 Å². The number of H-pyrrole nitrogens is 1. The molecule has 0 spiro atoms. The lowest BCUT2D eigenvalue weighted by Crippen LogP contribution is -2.22. The molecule has 5 heteroatoms. The summed E-state index contributed by atoms with van der Waals surface area (Å²) in [5, 5.41) is 0.487. The first-order valence-electron chi connectivity index (χ1n) is 6.36. The van der Waals surface area contributed by atoms with Gasteiger partial charge in [-0.1, -0.05) is 29.8 Å². The maximum Gasteiger partial charge on any atom is 0.343 e. The molecule has 1 N–H and O–H groups in total. The summed E-state index contributed by atoms with van der Waals surface area (Å²) in [4.78, 5) is 27.6. The van der Waals surface area contributed by atoms with Crippen molar-refractivity contribution in [1.29, 1.82) is 0 Å². The summed E-state index contributed by atoms with van der Waals surface area (Å²) in [5.74, 6) is -0.273. The number of carbonyl (C=O) groups is 1. The Labute approximate surface area is 125 Å². The van der Waals surface area contributed by atoms with E-state index in [0.717, 1.165) is 4.47 Å².